The fraction of sp³-hybridized carbons (Fsp3) is 0.760. The molecule has 1 aliphatic heterocycles. The van der Waals surface area contributed by atoms with Crippen LogP contribution in [0.1, 0.15) is 66.2 Å². The molecule has 0 spiro atoms. The molecule has 0 aromatic carbocycles. The molecule has 0 radical (unpaired) electrons. The molecule has 0 aromatic rings. The molecule has 0 unspecified atom stereocenters. The highest BCUT2D eigenvalue weighted by molar-refractivity contribution is 5.94. The molecule has 0 bridgehead atoms. The van der Waals surface area contributed by atoms with E-state index in [9.17, 15) is 29.1 Å². The van der Waals surface area contributed by atoms with Crippen LogP contribution in [-0.4, -0.2) is 89.4 Å². The van der Waals surface area contributed by atoms with Crippen LogP contribution >= 0.6 is 0 Å². The molecule has 1 rings (SSSR count). The summed E-state index contributed by atoms with van der Waals surface area (Å²) in [7, 11) is 0. The molecule has 1 heterocycles. The molecule has 0 aliphatic carbocycles. The Labute approximate surface area is 229 Å². The van der Waals surface area contributed by atoms with Gasteiger partial charge >= 0.3 is 5.97 Å². The number of carbonyl (C=O) groups excluding carboxylic acids is 4. The molecule has 14 heteroatoms. The van der Waals surface area contributed by atoms with Crippen molar-refractivity contribution >= 4 is 35.6 Å². The minimum absolute atomic E-state index is 0.0461. The maximum Gasteiger partial charge on any atom is 0.326 e. The van der Waals surface area contributed by atoms with E-state index in [0.717, 1.165) is 0 Å². The Morgan fingerprint density at radius 2 is 1.64 bits per heavy atom. The highest BCUT2D eigenvalue weighted by Gasteiger charge is 2.39. The predicted octanol–water partition coefficient (Wildman–Crippen LogP) is -1.38. The lowest BCUT2D eigenvalue weighted by molar-refractivity contribution is -0.145. The fourth-order valence-corrected chi connectivity index (χ4v) is 4.38. The first-order valence-corrected chi connectivity index (χ1v) is 13.4. The molecule has 4 amide bonds. The molecule has 10 N–H and O–H groups in total. The number of rotatable bonds is 16. The number of carboxylic acids is 1. The van der Waals surface area contributed by atoms with Gasteiger partial charge in [-0.15, -0.1) is 0 Å². The van der Waals surface area contributed by atoms with Crippen molar-refractivity contribution in [2.45, 2.75) is 90.4 Å². The number of amides is 4. The lowest BCUT2D eigenvalue weighted by Gasteiger charge is -2.30. The number of hydrogen-bond acceptors (Lipinski definition) is 7. The largest absolute Gasteiger partial charge is 0.480 e. The molecule has 1 saturated heterocycles. The highest BCUT2D eigenvalue weighted by atomic mass is 16.4. The van der Waals surface area contributed by atoms with Gasteiger partial charge in [-0.25, -0.2) is 4.79 Å². The Bertz CT molecular complexity index is 890. The normalized spacial score (nSPS) is 17.3. The molecular formula is C25H46N8O6. The van der Waals surface area contributed by atoms with Crippen LogP contribution < -0.4 is 33.2 Å². The van der Waals surface area contributed by atoms with Gasteiger partial charge in [-0.2, -0.15) is 0 Å². The summed E-state index contributed by atoms with van der Waals surface area (Å²) in [5, 5.41) is 17.2. The second-order valence-electron chi connectivity index (χ2n) is 10.7. The monoisotopic (exact) mass is 554 g/mol. The van der Waals surface area contributed by atoms with E-state index in [1.807, 2.05) is 27.7 Å². The third kappa shape index (κ3) is 12.3. The second-order valence-corrected chi connectivity index (χ2v) is 10.7. The lowest BCUT2D eigenvalue weighted by atomic mass is 10.0. The van der Waals surface area contributed by atoms with Crippen LogP contribution in [0.4, 0.5) is 0 Å². The molecule has 222 valence electrons. The van der Waals surface area contributed by atoms with Crippen LogP contribution in [0.5, 0.6) is 0 Å². The fourth-order valence-electron chi connectivity index (χ4n) is 4.38. The maximum absolute atomic E-state index is 13.5. The number of nitrogens with one attached hydrogen (secondary N) is 3. The van der Waals surface area contributed by atoms with E-state index in [2.05, 4.69) is 20.9 Å². The topological polar surface area (TPSA) is 235 Å². The number of aliphatic imine (C=N–C) groups is 1. The van der Waals surface area contributed by atoms with Crippen molar-refractivity contribution in [3.63, 3.8) is 0 Å². The number of carbonyl (C=O) groups is 5. The van der Waals surface area contributed by atoms with Crippen molar-refractivity contribution in [1.82, 2.24) is 20.9 Å². The van der Waals surface area contributed by atoms with Gasteiger partial charge in [0.2, 0.25) is 23.6 Å². The van der Waals surface area contributed by atoms with Crippen LogP contribution in [0.25, 0.3) is 0 Å². The maximum atomic E-state index is 13.5. The number of likely N-dealkylation sites (tertiary alicyclic amines) is 1. The van der Waals surface area contributed by atoms with E-state index >= 15 is 0 Å². The van der Waals surface area contributed by atoms with Gasteiger partial charge in [0.1, 0.15) is 18.1 Å². The first-order valence-electron chi connectivity index (χ1n) is 13.4. The second kappa shape index (κ2) is 16.5. The van der Waals surface area contributed by atoms with Gasteiger partial charge in [0.05, 0.1) is 12.6 Å². The summed E-state index contributed by atoms with van der Waals surface area (Å²) in [5.74, 6) is -3.05. The predicted molar refractivity (Wildman–Crippen MR) is 146 cm³/mol. The van der Waals surface area contributed by atoms with Crippen LogP contribution in [0.15, 0.2) is 4.99 Å². The van der Waals surface area contributed by atoms with Crippen LogP contribution in [0.2, 0.25) is 0 Å². The van der Waals surface area contributed by atoms with E-state index in [1.54, 1.807) is 0 Å². The van der Waals surface area contributed by atoms with E-state index in [0.29, 0.717) is 38.6 Å². The Hall–Kier alpha value is -3.42. The summed E-state index contributed by atoms with van der Waals surface area (Å²) in [4.78, 5) is 68.1. The Morgan fingerprint density at radius 3 is 2.21 bits per heavy atom. The number of aliphatic carboxylic acids is 1. The summed E-state index contributed by atoms with van der Waals surface area (Å²) in [6.45, 7) is 7.84. The smallest absolute Gasteiger partial charge is 0.326 e. The first kappa shape index (κ1) is 33.6. The van der Waals surface area contributed by atoms with Gasteiger partial charge in [0.15, 0.2) is 5.96 Å². The molecule has 0 aromatic heterocycles. The zero-order valence-electron chi connectivity index (χ0n) is 23.4. The Balaban J connectivity index is 2.83. The molecule has 1 aliphatic rings. The molecular weight excluding hydrogens is 508 g/mol. The summed E-state index contributed by atoms with van der Waals surface area (Å²) < 4.78 is 0. The first-order chi connectivity index (χ1) is 18.2. The average molecular weight is 555 g/mol. The van der Waals surface area contributed by atoms with Crippen LogP contribution in [-0.2, 0) is 24.0 Å². The third-order valence-corrected chi connectivity index (χ3v) is 6.22. The van der Waals surface area contributed by atoms with Crippen molar-refractivity contribution in [3.05, 3.63) is 0 Å². The van der Waals surface area contributed by atoms with Gasteiger partial charge in [0.25, 0.3) is 0 Å². The van der Waals surface area contributed by atoms with Crippen LogP contribution in [0, 0.1) is 11.8 Å². The molecule has 1 fully saturated rings. The molecule has 39 heavy (non-hydrogen) atoms. The zero-order chi connectivity index (χ0) is 29.7. The Morgan fingerprint density at radius 1 is 1.00 bits per heavy atom. The van der Waals surface area contributed by atoms with E-state index < -0.39 is 53.8 Å². The minimum Gasteiger partial charge on any atom is -0.480 e. The van der Waals surface area contributed by atoms with Crippen molar-refractivity contribution < 1.29 is 29.1 Å². The summed E-state index contributed by atoms with van der Waals surface area (Å²) in [5.41, 5.74) is 16.4. The molecule has 14 nitrogen and oxygen atoms in total. The van der Waals surface area contributed by atoms with E-state index in [1.165, 1.54) is 4.90 Å². The number of nitrogens with two attached hydrogens (primary N) is 3. The number of nitrogens with zero attached hydrogens (tertiary/aromatic N) is 2. The third-order valence-electron chi connectivity index (χ3n) is 6.22. The summed E-state index contributed by atoms with van der Waals surface area (Å²) in [6, 6.07) is -3.68. The van der Waals surface area contributed by atoms with Crippen molar-refractivity contribution in [2.75, 3.05) is 19.6 Å². The van der Waals surface area contributed by atoms with Gasteiger partial charge in [-0.05, 0) is 50.4 Å². The van der Waals surface area contributed by atoms with Gasteiger partial charge in [-0.3, -0.25) is 24.2 Å². The van der Waals surface area contributed by atoms with Crippen molar-refractivity contribution in [2.24, 2.45) is 34.0 Å². The number of guanidine groups is 1. The lowest BCUT2D eigenvalue weighted by Crippen LogP contribution is -2.56. The summed E-state index contributed by atoms with van der Waals surface area (Å²) in [6.07, 6.45) is 2.15. The number of carboxylic acid groups (broad SMARTS) is 1. The number of hydrogen-bond donors (Lipinski definition) is 7. The zero-order valence-corrected chi connectivity index (χ0v) is 23.4. The van der Waals surface area contributed by atoms with Crippen molar-refractivity contribution in [3.8, 4) is 0 Å². The van der Waals surface area contributed by atoms with Gasteiger partial charge < -0.3 is 43.2 Å². The van der Waals surface area contributed by atoms with Crippen LogP contribution in [0.3, 0.4) is 0 Å². The standard InChI is InChI=1S/C25H46N8O6/c1-14(2)11-16(26)21(35)30-13-20(34)31-18(12-15(3)4)23(37)33-10-6-8-19(33)22(36)32-17(24(38)39)7-5-9-29-25(27)28/h14-19H,5-13,26H2,1-4H3,(H,30,35)(H,31,34)(H,32,36)(H,38,39)(H4,27,28,29)/t16-,17-,18-,19-/m0/s1. The van der Waals surface area contributed by atoms with Crippen molar-refractivity contribution in [1.29, 1.82) is 0 Å². The van der Waals surface area contributed by atoms with E-state index in [-0.39, 0.29) is 37.3 Å². The van der Waals surface area contributed by atoms with Gasteiger partial charge in [0, 0.05) is 13.1 Å². The Kier molecular flexibility index (Phi) is 14.2. The van der Waals surface area contributed by atoms with Gasteiger partial charge in [-0.1, -0.05) is 27.7 Å². The molecule has 0 saturated carbocycles. The highest BCUT2D eigenvalue weighted by Crippen LogP contribution is 2.21. The van der Waals surface area contributed by atoms with E-state index in [4.69, 9.17) is 17.2 Å². The summed E-state index contributed by atoms with van der Waals surface area (Å²) >= 11 is 0. The molecule has 4 atom stereocenters. The SMILES string of the molecule is CC(C)C[C@H](NC(=O)CNC(=O)[C@@H](N)CC(C)C)C(=O)N1CCC[C@H]1C(=O)N[C@@H](CCCN=C(N)N)C(=O)O. The average Bonchev–Trinajstić information content (AvgIpc) is 3.32. The quantitative estimate of drug-likeness (QED) is 0.0675. The minimum atomic E-state index is -1.20.